The fourth-order valence-electron chi connectivity index (χ4n) is 1.94. The van der Waals surface area contributed by atoms with E-state index in [9.17, 15) is 0 Å². The quantitative estimate of drug-likeness (QED) is 0.691. The van der Waals surface area contributed by atoms with E-state index in [0.717, 1.165) is 16.3 Å². The Balaban J connectivity index is 1.91. The van der Waals surface area contributed by atoms with Gasteiger partial charge < -0.3 is 0 Å². The molecule has 0 saturated heterocycles. The molecule has 8 heteroatoms. The maximum Gasteiger partial charge on any atom is 0.210 e. The maximum absolute atomic E-state index is 6.21. The number of hydrogen-bond acceptors (Lipinski definition) is 5. The van der Waals surface area contributed by atoms with Crippen LogP contribution in [0, 0.1) is 0 Å². The number of halogens is 1. The first kappa shape index (κ1) is 14.1. The highest BCUT2D eigenvalue weighted by Crippen LogP contribution is 2.35. The number of tetrazole rings is 1. The van der Waals surface area contributed by atoms with Crippen LogP contribution in [-0.4, -0.2) is 30.0 Å². The second kappa shape index (κ2) is 5.87. The zero-order valence-corrected chi connectivity index (χ0v) is 13.1. The lowest BCUT2D eigenvalue weighted by Gasteiger charge is -2.04. The summed E-state index contributed by atoms with van der Waals surface area (Å²) in [6, 6.07) is 10.2. The summed E-state index contributed by atoms with van der Waals surface area (Å²) in [6.07, 6.45) is 0. The summed E-state index contributed by atoms with van der Waals surface area (Å²) in [5.74, 6) is 1.32. The summed E-state index contributed by atoms with van der Waals surface area (Å²) < 4.78 is 1.75. The van der Waals surface area contributed by atoms with Crippen LogP contribution in [0.5, 0.6) is 0 Å². The third kappa shape index (κ3) is 2.93. The molecule has 0 aliphatic carbocycles. The Hall–Kier alpha value is -1.86. The summed E-state index contributed by atoms with van der Waals surface area (Å²) in [6.45, 7) is 0. The minimum Gasteiger partial charge on any atom is -0.260 e. The third-order valence-corrected chi connectivity index (χ3v) is 4.39. The molecule has 108 valence electrons. The van der Waals surface area contributed by atoms with Crippen LogP contribution in [0.15, 0.2) is 35.4 Å². The van der Waals surface area contributed by atoms with Gasteiger partial charge in [-0.05, 0) is 10.8 Å². The Morgan fingerprint density at radius 3 is 2.57 bits per heavy atom. The van der Waals surface area contributed by atoms with E-state index in [1.807, 2.05) is 25.2 Å². The zero-order chi connectivity index (χ0) is 14.8. The second-order valence-corrected chi connectivity index (χ2v) is 5.79. The van der Waals surface area contributed by atoms with Crippen molar-refractivity contribution in [2.45, 2.75) is 10.8 Å². The molecule has 2 heterocycles. The molecule has 0 amide bonds. The fraction of sp³-hybridized carbons (Fsp3) is 0.231. The Morgan fingerprint density at radius 2 is 1.90 bits per heavy atom. The van der Waals surface area contributed by atoms with E-state index in [4.69, 9.17) is 11.6 Å². The van der Waals surface area contributed by atoms with Gasteiger partial charge in [0.25, 0.3) is 0 Å². The molecular weight excluding hydrogens is 308 g/mol. The van der Waals surface area contributed by atoms with Crippen LogP contribution >= 0.6 is 23.4 Å². The lowest BCUT2D eigenvalue weighted by molar-refractivity contribution is 0.630. The SMILES string of the molecule is Cn1nnc(-c2c(Cl)nn(C)c2SCc2ccccc2)n1. The molecule has 1 aromatic carbocycles. The van der Waals surface area contributed by atoms with Gasteiger partial charge in [-0.25, -0.2) is 0 Å². The highest BCUT2D eigenvalue weighted by Gasteiger charge is 2.21. The van der Waals surface area contributed by atoms with Gasteiger partial charge in [0.1, 0.15) is 5.03 Å². The Bertz CT molecular complexity index is 751. The molecule has 0 aliphatic rings. The number of hydrogen-bond donors (Lipinski definition) is 0. The summed E-state index contributed by atoms with van der Waals surface area (Å²) in [7, 11) is 3.58. The maximum atomic E-state index is 6.21. The highest BCUT2D eigenvalue weighted by molar-refractivity contribution is 7.98. The molecule has 6 nitrogen and oxygen atoms in total. The third-order valence-electron chi connectivity index (χ3n) is 2.90. The van der Waals surface area contributed by atoms with Gasteiger partial charge >= 0.3 is 0 Å². The van der Waals surface area contributed by atoms with Crippen molar-refractivity contribution in [2.24, 2.45) is 14.1 Å². The van der Waals surface area contributed by atoms with Crippen LogP contribution < -0.4 is 0 Å². The van der Waals surface area contributed by atoms with Gasteiger partial charge in [0, 0.05) is 12.8 Å². The van der Waals surface area contributed by atoms with E-state index in [0.29, 0.717) is 11.0 Å². The first-order chi connectivity index (χ1) is 10.1. The zero-order valence-electron chi connectivity index (χ0n) is 11.6. The molecule has 0 fully saturated rings. The van der Waals surface area contributed by atoms with Crippen molar-refractivity contribution in [1.29, 1.82) is 0 Å². The Labute approximate surface area is 131 Å². The number of benzene rings is 1. The second-order valence-electron chi connectivity index (χ2n) is 4.47. The van der Waals surface area contributed by atoms with E-state index in [1.54, 1.807) is 23.5 Å². The average molecular weight is 321 g/mol. The lowest BCUT2D eigenvalue weighted by Crippen LogP contribution is -1.94. The largest absolute Gasteiger partial charge is 0.260 e. The molecule has 0 N–H and O–H groups in total. The number of aryl methyl sites for hydroxylation is 2. The van der Waals surface area contributed by atoms with Gasteiger partial charge in [0.05, 0.1) is 12.6 Å². The highest BCUT2D eigenvalue weighted by atomic mass is 35.5. The first-order valence-electron chi connectivity index (χ1n) is 6.28. The van der Waals surface area contributed by atoms with E-state index in [2.05, 4.69) is 32.6 Å². The summed E-state index contributed by atoms with van der Waals surface area (Å²) in [5.41, 5.74) is 1.96. The lowest BCUT2D eigenvalue weighted by atomic mass is 10.2. The average Bonchev–Trinajstić information content (AvgIpc) is 3.01. The monoisotopic (exact) mass is 320 g/mol. The van der Waals surface area contributed by atoms with Crippen LogP contribution in [0.1, 0.15) is 5.56 Å². The molecule has 0 atom stereocenters. The van der Waals surface area contributed by atoms with Crippen molar-refractivity contribution in [3.05, 3.63) is 41.0 Å². The number of thioether (sulfide) groups is 1. The van der Waals surface area contributed by atoms with Crippen molar-refractivity contribution in [3.8, 4) is 11.4 Å². The Morgan fingerprint density at radius 1 is 1.14 bits per heavy atom. The molecule has 0 spiro atoms. The molecule has 3 aromatic rings. The molecule has 0 radical (unpaired) electrons. The fourth-order valence-corrected chi connectivity index (χ4v) is 3.34. The first-order valence-corrected chi connectivity index (χ1v) is 7.65. The molecular formula is C13H13ClN6S. The van der Waals surface area contributed by atoms with E-state index < -0.39 is 0 Å². The number of nitrogens with zero attached hydrogens (tertiary/aromatic N) is 6. The van der Waals surface area contributed by atoms with Gasteiger partial charge in [-0.3, -0.25) is 4.68 Å². The van der Waals surface area contributed by atoms with Crippen molar-refractivity contribution >= 4 is 23.4 Å². The van der Waals surface area contributed by atoms with Gasteiger partial charge in [-0.15, -0.1) is 22.0 Å². The summed E-state index contributed by atoms with van der Waals surface area (Å²) in [4.78, 5) is 1.41. The summed E-state index contributed by atoms with van der Waals surface area (Å²) in [5, 5.41) is 17.7. The van der Waals surface area contributed by atoms with Crippen LogP contribution in [0.3, 0.4) is 0 Å². The molecule has 0 saturated carbocycles. The van der Waals surface area contributed by atoms with Gasteiger partial charge in [0.2, 0.25) is 5.82 Å². The van der Waals surface area contributed by atoms with Crippen LogP contribution in [0.2, 0.25) is 5.15 Å². The van der Waals surface area contributed by atoms with Crippen LogP contribution in [0.25, 0.3) is 11.4 Å². The summed E-state index contributed by atoms with van der Waals surface area (Å²) >= 11 is 7.86. The van der Waals surface area contributed by atoms with E-state index in [-0.39, 0.29) is 0 Å². The number of aromatic nitrogens is 6. The topological polar surface area (TPSA) is 61.4 Å². The molecule has 21 heavy (non-hydrogen) atoms. The van der Waals surface area contributed by atoms with E-state index in [1.165, 1.54) is 10.4 Å². The normalized spacial score (nSPS) is 11.0. The van der Waals surface area contributed by atoms with Gasteiger partial charge in [-0.2, -0.15) is 9.90 Å². The standard InChI is InChI=1S/C13H13ClN6S/c1-19-13(21-8-9-6-4-3-5-7-9)10(11(14)16-19)12-15-18-20(2)17-12/h3-7H,8H2,1-2H3. The minimum atomic E-state index is 0.390. The molecule has 0 bridgehead atoms. The number of rotatable bonds is 4. The van der Waals surface area contributed by atoms with Crippen molar-refractivity contribution < 1.29 is 0 Å². The van der Waals surface area contributed by atoms with Crippen LogP contribution in [0.4, 0.5) is 0 Å². The van der Waals surface area contributed by atoms with Crippen molar-refractivity contribution in [1.82, 2.24) is 30.0 Å². The minimum absolute atomic E-state index is 0.390. The van der Waals surface area contributed by atoms with Gasteiger partial charge in [-0.1, -0.05) is 41.9 Å². The molecule has 2 aromatic heterocycles. The molecule has 0 unspecified atom stereocenters. The predicted molar refractivity (Wildman–Crippen MR) is 82.0 cm³/mol. The van der Waals surface area contributed by atoms with Gasteiger partial charge in [0.15, 0.2) is 5.15 Å². The smallest absolute Gasteiger partial charge is 0.210 e. The molecule has 0 aliphatic heterocycles. The predicted octanol–water partition coefficient (Wildman–Crippen LogP) is 2.56. The molecule has 3 rings (SSSR count). The van der Waals surface area contributed by atoms with Crippen LogP contribution in [-0.2, 0) is 19.8 Å². The Kier molecular flexibility index (Phi) is 3.94. The van der Waals surface area contributed by atoms with Crippen molar-refractivity contribution in [3.63, 3.8) is 0 Å². The van der Waals surface area contributed by atoms with Crippen molar-refractivity contribution in [2.75, 3.05) is 0 Å². The van der Waals surface area contributed by atoms with E-state index >= 15 is 0 Å².